The number of carbonyl (C=O) groups excluding carboxylic acids is 1. The van der Waals surface area contributed by atoms with E-state index in [-0.39, 0.29) is 17.7 Å². The molecule has 0 radical (unpaired) electrons. The van der Waals surface area contributed by atoms with Crippen molar-refractivity contribution in [1.82, 2.24) is 10.3 Å². The molecule has 0 spiro atoms. The predicted octanol–water partition coefficient (Wildman–Crippen LogP) is 3.38. The topological polar surface area (TPSA) is 85.3 Å². The van der Waals surface area contributed by atoms with Gasteiger partial charge in [-0.05, 0) is 29.8 Å². The van der Waals surface area contributed by atoms with E-state index < -0.39 is 5.91 Å². The predicted molar refractivity (Wildman–Crippen MR) is 95.6 cm³/mol. The molecule has 0 saturated heterocycles. The minimum atomic E-state index is -0.452. The number of nitrogens with one attached hydrogen (secondary N) is 1. The normalized spacial score (nSPS) is 10.8. The van der Waals surface area contributed by atoms with Gasteiger partial charge in [0.15, 0.2) is 11.2 Å². The summed E-state index contributed by atoms with van der Waals surface area (Å²) in [6.45, 7) is 0.272. The van der Waals surface area contributed by atoms with Crippen LogP contribution in [0.5, 0.6) is 0 Å². The van der Waals surface area contributed by atoms with Crippen LogP contribution in [0.3, 0.4) is 0 Å². The number of nitrogens with zero attached hydrogens (tertiary/aromatic N) is 1. The summed E-state index contributed by atoms with van der Waals surface area (Å²) in [6.07, 6.45) is 4.88. The molecule has 26 heavy (non-hydrogen) atoms. The highest BCUT2D eigenvalue weighted by atomic mass is 16.3. The number of rotatable bonds is 4. The molecule has 0 fully saturated rings. The van der Waals surface area contributed by atoms with Crippen molar-refractivity contribution in [3.8, 4) is 11.3 Å². The summed E-state index contributed by atoms with van der Waals surface area (Å²) in [5.41, 5.74) is 2.64. The van der Waals surface area contributed by atoms with Crippen molar-refractivity contribution in [2.75, 3.05) is 0 Å². The Balaban J connectivity index is 1.48. The van der Waals surface area contributed by atoms with Crippen molar-refractivity contribution in [2.45, 2.75) is 6.54 Å². The highest BCUT2D eigenvalue weighted by Gasteiger charge is 2.12. The molecule has 4 rings (SSSR count). The van der Waals surface area contributed by atoms with Gasteiger partial charge < -0.3 is 14.2 Å². The maximum Gasteiger partial charge on any atom is 0.287 e. The number of carbonyl (C=O) groups is 1. The largest absolute Gasteiger partial charge is 0.472 e. The maximum atomic E-state index is 12.3. The van der Waals surface area contributed by atoms with Crippen LogP contribution in [0.1, 0.15) is 16.1 Å². The van der Waals surface area contributed by atoms with E-state index in [1.54, 1.807) is 43.0 Å². The number of furan rings is 1. The first kappa shape index (κ1) is 15.8. The number of para-hydroxylation sites is 1. The molecule has 128 valence electrons. The highest BCUT2D eigenvalue weighted by molar-refractivity contribution is 5.93. The summed E-state index contributed by atoms with van der Waals surface area (Å²) in [4.78, 5) is 28.7. The minimum Gasteiger partial charge on any atom is -0.472 e. The van der Waals surface area contributed by atoms with Gasteiger partial charge in [0.25, 0.3) is 5.91 Å². The van der Waals surface area contributed by atoms with Gasteiger partial charge in [0, 0.05) is 24.4 Å². The number of aromatic nitrogens is 1. The fourth-order valence-corrected chi connectivity index (χ4v) is 2.60. The lowest BCUT2D eigenvalue weighted by atomic mass is 10.2. The first-order valence-corrected chi connectivity index (χ1v) is 7.99. The standard InChI is InChI=1S/C20H14N2O4/c23-17-9-19(26-18-4-2-1-3-15(17)18)20(24)22-11-13-5-6-16(21-10-13)14-7-8-25-12-14/h1-10,12H,11H2,(H,22,24). The molecule has 6 nitrogen and oxygen atoms in total. The number of fused-ring (bicyclic) bond motifs is 1. The van der Waals surface area contributed by atoms with E-state index in [0.29, 0.717) is 11.0 Å². The Labute approximate surface area is 148 Å². The van der Waals surface area contributed by atoms with Crippen molar-refractivity contribution < 1.29 is 13.6 Å². The van der Waals surface area contributed by atoms with E-state index in [2.05, 4.69) is 10.3 Å². The molecule has 4 aromatic rings. The second kappa shape index (κ2) is 6.68. The third-order valence-corrected chi connectivity index (χ3v) is 3.95. The van der Waals surface area contributed by atoms with E-state index in [1.165, 1.54) is 6.07 Å². The van der Waals surface area contributed by atoms with Crippen molar-refractivity contribution in [2.24, 2.45) is 0 Å². The molecule has 3 aromatic heterocycles. The van der Waals surface area contributed by atoms with Gasteiger partial charge in [-0.2, -0.15) is 0 Å². The molecule has 0 aliphatic rings. The van der Waals surface area contributed by atoms with Gasteiger partial charge in [-0.15, -0.1) is 0 Å². The van der Waals surface area contributed by atoms with Gasteiger partial charge in [-0.3, -0.25) is 14.6 Å². The Kier molecular flexibility index (Phi) is 4.07. The Morgan fingerprint density at radius 2 is 2.00 bits per heavy atom. The molecule has 0 aliphatic heterocycles. The summed E-state index contributed by atoms with van der Waals surface area (Å²) < 4.78 is 10.6. The quantitative estimate of drug-likeness (QED) is 0.612. The number of benzene rings is 1. The molecule has 0 saturated carbocycles. The molecule has 1 aromatic carbocycles. The second-order valence-corrected chi connectivity index (χ2v) is 5.72. The van der Waals surface area contributed by atoms with E-state index in [1.807, 2.05) is 18.2 Å². The Bertz CT molecular complexity index is 1110. The second-order valence-electron chi connectivity index (χ2n) is 5.72. The van der Waals surface area contributed by atoms with Gasteiger partial charge in [0.05, 0.1) is 23.6 Å². The van der Waals surface area contributed by atoms with E-state index in [4.69, 9.17) is 8.83 Å². The molecule has 0 bridgehead atoms. The van der Waals surface area contributed by atoms with Crippen molar-refractivity contribution >= 4 is 16.9 Å². The molecule has 0 aliphatic carbocycles. The van der Waals surface area contributed by atoms with Crippen molar-refractivity contribution in [1.29, 1.82) is 0 Å². The van der Waals surface area contributed by atoms with Gasteiger partial charge in [-0.25, -0.2) is 0 Å². The Hall–Kier alpha value is -3.67. The summed E-state index contributed by atoms with van der Waals surface area (Å²) in [5, 5.41) is 3.18. The molecular weight excluding hydrogens is 332 g/mol. The zero-order valence-corrected chi connectivity index (χ0v) is 13.6. The summed E-state index contributed by atoms with van der Waals surface area (Å²) in [7, 11) is 0. The van der Waals surface area contributed by atoms with Crippen LogP contribution in [0.25, 0.3) is 22.2 Å². The van der Waals surface area contributed by atoms with E-state index in [9.17, 15) is 9.59 Å². The lowest BCUT2D eigenvalue weighted by Gasteiger charge is -2.06. The monoisotopic (exact) mass is 346 g/mol. The van der Waals surface area contributed by atoms with Crippen LogP contribution >= 0.6 is 0 Å². The average molecular weight is 346 g/mol. The molecule has 1 N–H and O–H groups in total. The van der Waals surface area contributed by atoms with E-state index >= 15 is 0 Å². The van der Waals surface area contributed by atoms with Crippen LogP contribution in [-0.4, -0.2) is 10.9 Å². The number of pyridine rings is 1. The molecule has 6 heteroatoms. The van der Waals surface area contributed by atoms with Crippen LogP contribution in [0.2, 0.25) is 0 Å². The van der Waals surface area contributed by atoms with Crippen LogP contribution in [-0.2, 0) is 6.54 Å². The van der Waals surface area contributed by atoms with Crippen LogP contribution in [0.4, 0.5) is 0 Å². The lowest BCUT2D eigenvalue weighted by Crippen LogP contribution is -2.24. The average Bonchev–Trinajstić information content (AvgIpc) is 3.21. The first-order chi connectivity index (χ1) is 12.7. The Morgan fingerprint density at radius 1 is 1.12 bits per heavy atom. The summed E-state index contributed by atoms with van der Waals surface area (Å²) in [6, 6.07) is 13.6. The zero-order valence-electron chi connectivity index (χ0n) is 13.6. The Morgan fingerprint density at radius 3 is 2.77 bits per heavy atom. The molecule has 0 unspecified atom stereocenters. The number of hydrogen-bond acceptors (Lipinski definition) is 5. The zero-order chi connectivity index (χ0) is 17.9. The van der Waals surface area contributed by atoms with Crippen molar-refractivity contribution in [3.05, 3.63) is 88.8 Å². The maximum absolute atomic E-state index is 12.3. The molecule has 1 amide bonds. The third-order valence-electron chi connectivity index (χ3n) is 3.95. The van der Waals surface area contributed by atoms with Crippen molar-refractivity contribution in [3.63, 3.8) is 0 Å². The van der Waals surface area contributed by atoms with Crippen LogP contribution in [0.15, 0.2) is 80.9 Å². The van der Waals surface area contributed by atoms with Crippen LogP contribution < -0.4 is 10.7 Å². The molecule has 3 heterocycles. The molecule has 0 atom stereocenters. The lowest BCUT2D eigenvalue weighted by molar-refractivity contribution is 0.0923. The first-order valence-electron chi connectivity index (χ1n) is 7.99. The third kappa shape index (κ3) is 3.12. The smallest absolute Gasteiger partial charge is 0.287 e. The number of amides is 1. The van der Waals surface area contributed by atoms with Gasteiger partial charge in [0.1, 0.15) is 5.58 Å². The van der Waals surface area contributed by atoms with E-state index in [0.717, 1.165) is 16.8 Å². The number of hydrogen-bond donors (Lipinski definition) is 1. The fraction of sp³-hybridized carbons (Fsp3) is 0.0500. The fourth-order valence-electron chi connectivity index (χ4n) is 2.60. The van der Waals surface area contributed by atoms with Gasteiger partial charge in [-0.1, -0.05) is 18.2 Å². The highest BCUT2D eigenvalue weighted by Crippen LogP contribution is 2.17. The summed E-state index contributed by atoms with van der Waals surface area (Å²) >= 11 is 0. The van der Waals surface area contributed by atoms with Gasteiger partial charge >= 0.3 is 0 Å². The van der Waals surface area contributed by atoms with Gasteiger partial charge in [0.2, 0.25) is 0 Å². The SMILES string of the molecule is O=C(NCc1ccc(-c2ccoc2)nc1)c1cc(=O)c2ccccc2o1. The minimum absolute atomic E-state index is 0.0170. The summed E-state index contributed by atoms with van der Waals surface area (Å²) in [5.74, 6) is -0.469. The van der Waals surface area contributed by atoms with Crippen LogP contribution in [0, 0.1) is 0 Å². The molecular formula is C20H14N2O4.